The van der Waals surface area contributed by atoms with Crippen LogP contribution < -0.4 is 0 Å². The summed E-state index contributed by atoms with van der Waals surface area (Å²) in [7, 11) is 1.84. The predicted octanol–water partition coefficient (Wildman–Crippen LogP) is 2.83. The molecule has 1 aliphatic heterocycles. The van der Waals surface area contributed by atoms with Gasteiger partial charge in [0.05, 0.1) is 12.1 Å². The summed E-state index contributed by atoms with van der Waals surface area (Å²) >= 11 is 1.61. The summed E-state index contributed by atoms with van der Waals surface area (Å²) in [5, 5.41) is 11.9. The van der Waals surface area contributed by atoms with Crippen LogP contribution in [0.5, 0.6) is 0 Å². The van der Waals surface area contributed by atoms with E-state index in [1.807, 2.05) is 34.4 Å². The summed E-state index contributed by atoms with van der Waals surface area (Å²) in [6.45, 7) is 3.46. The van der Waals surface area contributed by atoms with Gasteiger partial charge in [-0.1, -0.05) is 12.1 Å². The lowest BCUT2D eigenvalue weighted by molar-refractivity contribution is -0.138. The molecule has 5 nitrogen and oxygen atoms in total. The highest BCUT2D eigenvalue weighted by Crippen LogP contribution is 2.29. The standard InChI is InChI=1S/C18H22N2O3S/c1-12-3-4-14-15(11-24-16(14)9-12)18(23)20-7-5-13(6-8-20)19(2)10-17(21)22/h3-4,9,11,13H,5-8,10H2,1-2H3,(H,21,22). The Kier molecular flexibility index (Phi) is 4.87. The summed E-state index contributed by atoms with van der Waals surface area (Å²) in [5.41, 5.74) is 1.98. The van der Waals surface area contributed by atoms with Gasteiger partial charge in [0, 0.05) is 34.6 Å². The number of aryl methyl sites for hydroxylation is 1. The number of piperidine rings is 1. The molecule has 0 saturated carbocycles. The fourth-order valence-electron chi connectivity index (χ4n) is 3.32. The molecule has 1 fully saturated rings. The molecule has 1 aromatic carbocycles. The second kappa shape index (κ2) is 6.91. The number of likely N-dealkylation sites (N-methyl/N-ethyl adjacent to an activating group) is 1. The second-order valence-electron chi connectivity index (χ2n) is 6.48. The van der Waals surface area contributed by atoms with Gasteiger partial charge >= 0.3 is 5.97 Å². The van der Waals surface area contributed by atoms with E-state index in [0.29, 0.717) is 13.1 Å². The van der Waals surface area contributed by atoms with Crippen molar-refractivity contribution in [3.63, 3.8) is 0 Å². The minimum Gasteiger partial charge on any atom is -0.480 e. The normalized spacial score (nSPS) is 16.0. The van der Waals surface area contributed by atoms with E-state index in [1.165, 1.54) is 5.56 Å². The average Bonchev–Trinajstić information content (AvgIpc) is 2.96. The van der Waals surface area contributed by atoms with E-state index in [4.69, 9.17) is 5.11 Å². The van der Waals surface area contributed by atoms with E-state index in [1.54, 1.807) is 11.3 Å². The molecule has 1 N–H and O–H groups in total. The quantitative estimate of drug-likeness (QED) is 0.925. The highest BCUT2D eigenvalue weighted by atomic mass is 32.1. The monoisotopic (exact) mass is 346 g/mol. The molecule has 0 aliphatic carbocycles. The minimum atomic E-state index is -0.809. The van der Waals surface area contributed by atoms with Crippen molar-refractivity contribution in [2.24, 2.45) is 0 Å². The van der Waals surface area contributed by atoms with Crippen LogP contribution in [0.1, 0.15) is 28.8 Å². The maximum Gasteiger partial charge on any atom is 0.317 e. The molecule has 0 atom stereocenters. The van der Waals surface area contributed by atoms with Crippen molar-refractivity contribution in [1.29, 1.82) is 0 Å². The number of amides is 1. The van der Waals surface area contributed by atoms with Gasteiger partial charge in [0.25, 0.3) is 5.91 Å². The molecular weight excluding hydrogens is 324 g/mol. The maximum absolute atomic E-state index is 12.8. The van der Waals surface area contributed by atoms with E-state index < -0.39 is 5.97 Å². The lowest BCUT2D eigenvalue weighted by Gasteiger charge is -2.36. The second-order valence-corrected chi connectivity index (χ2v) is 7.39. The smallest absolute Gasteiger partial charge is 0.317 e. The first-order valence-electron chi connectivity index (χ1n) is 8.15. The molecule has 6 heteroatoms. The number of hydrogen-bond donors (Lipinski definition) is 1. The number of carbonyl (C=O) groups excluding carboxylic acids is 1. The van der Waals surface area contributed by atoms with Crippen molar-refractivity contribution in [3.05, 3.63) is 34.7 Å². The number of carboxylic acids is 1. The maximum atomic E-state index is 12.8. The molecule has 2 aromatic rings. The van der Waals surface area contributed by atoms with Crippen molar-refractivity contribution >= 4 is 33.3 Å². The number of likely N-dealkylation sites (tertiary alicyclic amines) is 1. The van der Waals surface area contributed by atoms with Gasteiger partial charge in [-0.3, -0.25) is 14.5 Å². The fourth-order valence-corrected chi connectivity index (χ4v) is 4.36. The van der Waals surface area contributed by atoms with Gasteiger partial charge in [-0.2, -0.15) is 0 Å². The van der Waals surface area contributed by atoms with E-state index in [-0.39, 0.29) is 18.5 Å². The lowest BCUT2D eigenvalue weighted by Crippen LogP contribution is -2.46. The van der Waals surface area contributed by atoms with Crippen LogP contribution in [-0.2, 0) is 4.79 Å². The summed E-state index contributed by atoms with van der Waals surface area (Å²) in [5.74, 6) is -0.722. The Morgan fingerprint density at radius 1 is 1.33 bits per heavy atom. The fraction of sp³-hybridized carbons (Fsp3) is 0.444. The molecule has 3 rings (SSSR count). The number of benzene rings is 1. The number of carbonyl (C=O) groups is 2. The van der Waals surface area contributed by atoms with Crippen molar-refractivity contribution in [3.8, 4) is 0 Å². The van der Waals surface area contributed by atoms with Crippen LogP contribution in [-0.4, -0.2) is 59.5 Å². The lowest BCUT2D eigenvalue weighted by atomic mass is 10.0. The summed E-state index contributed by atoms with van der Waals surface area (Å²) in [4.78, 5) is 27.4. The van der Waals surface area contributed by atoms with Gasteiger partial charge in [0.1, 0.15) is 0 Å². The first-order valence-corrected chi connectivity index (χ1v) is 9.03. The Morgan fingerprint density at radius 2 is 2.04 bits per heavy atom. The van der Waals surface area contributed by atoms with Crippen molar-refractivity contribution in [2.75, 3.05) is 26.7 Å². The zero-order valence-electron chi connectivity index (χ0n) is 14.0. The largest absolute Gasteiger partial charge is 0.480 e. The molecule has 0 radical (unpaired) electrons. The average molecular weight is 346 g/mol. The number of carboxylic acid groups (broad SMARTS) is 1. The summed E-state index contributed by atoms with van der Waals surface area (Å²) in [6, 6.07) is 6.41. The first kappa shape index (κ1) is 16.9. The number of rotatable bonds is 4. The van der Waals surface area contributed by atoms with Crippen LogP contribution in [0.25, 0.3) is 10.1 Å². The van der Waals surface area contributed by atoms with Gasteiger partial charge < -0.3 is 10.0 Å². The van der Waals surface area contributed by atoms with E-state index in [9.17, 15) is 9.59 Å². The predicted molar refractivity (Wildman–Crippen MR) is 95.8 cm³/mol. The van der Waals surface area contributed by atoms with Crippen LogP contribution in [0.3, 0.4) is 0 Å². The molecule has 1 saturated heterocycles. The Bertz CT molecular complexity index is 763. The Labute approximate surface area is 145 Å². The zero-order valence-corrected chi connectivity index (χ0v) is 14.8. The molecule has 1 aliphatic rings. The third kappa shape index (κ3) is 3.44. The molecule has 1 aromatic heterocycles. The number of hydrogen-bond acceptors (Lipinski definition) is 4. The summed E-state index contributed by atoms with van der Waals surface area (Å²) < 4.78 is 1.15. The molecular formula is C18H22N2O3S. The van der Waals surface area contributed by atoms with Gasteiger partial charge in [0.15, 0.2) is 0 Å². The van der Waals surface area contributed by atoms with Gasteiger partial charge in [0.2, 0.25) is 0 Å². The summed E-state index contributed by atoms with van der Waals surface area (Å²) in [6.07, 6.45) is 1.63. The molecule has 0 bridgehead atoms. The highest BCUT2D eigenvalue weighted by molar-refractivity contribution is 7.17. The molecule has 128 valence electrons. The third-order valence-corrected chi connectivity index (χ3v) is 5.67. The third-order valence-electron chi connectivity index (χ3n) is 4.72. The Balaban J connectivity index is 1.67. The van der Waals surface area contributed by atoms with Gasteiger partial charge in [-0.05, 0) is 38.4 Å². The Hall–Kier alpha value is -1.92. The zero-order chi connectivity index (χ0) is 17.3. The highest BCUT2D eigenvalue weighted by Gasteiger charge is 2.27. The van der Waals surface area contributed by atoms with Crippen LogP contribution in [0, 0.1) is 6.92 Å². The van der Waals surface area contributed by atoms with Crippen LogP contribution in [0.4, 0.5) is 0 Å². The van der Waals surface area contributed by atoms with E-state index in [2.05, 4.69) is 13.0 Å². The molecule has 24 heavy (non-hydrogen) atoms. The topological polar surface area (TPSA) is 60.9 Å². The number of nitrogens with zero attached hydrogens (tertiary/aromatic N) is 2. The van der Waals surface area contributed by atoms with Gasteiger partial charge in [-0.15, -0.1) is 11.3 Å². The molecule has 1 amide bonds. The number of fused-ring (bicyclic) bond motifs is 1. The van der Waals surface area contributed by atoms with Crippen molar-refractivity contribution < 1.29 is 14.7 Å². The molecule has 0 spiro atoms. The van der Waals surface area contributed by atoms with Crippen LogP contribution in [0.15, 0.2) is 23.6 Å². The number of aliphatic carboxylic acids is 1. The van der Waals surface area contributed by atoms with Crippen LogP contribution >= 0.6 is 11.3 Å². The Morgan fingerprint density at radius 3 is 2.71 bits per heavy atom. The van der Waals surface area contributed by atoms with Crippen molar-refractivity contribution in [2.45, 2.75) is 25.8 Å². The van der Waals surface area contributed by atoms with E-state index in [0.717, 1.165) is 28.5 Å². The molecule has 2 heterocycles. The van der Waals surface area contributed by atoms with Crippen molar-refractivity contribution in [1.82, 2.24) is 9.80 Å². The minimum absolute atomic E-state index is 0.0487. The van der Waals surface area contributed by atoms with Crippen LogP contribution in [0.2, 0.25) is 0 Å². The van der Waals surface area contributed by atoms with E-state index >= 15 is 0 Å². The SMILES string of the molecule is Cc1ccc2c(C(=O)N3CCC(N(C)CC(=O)O)CC3)csc2c1. The first-order chi connectivity index (χ1) is 11.5. The number of thiophene rings is 1. The van der Waals surface area contributed by atoms with Gasteiger partial charge in [-0.25, -0.2) is 0 Å². The molecule has 0 unspecified atom stereocenters.